The molecule has 0 aliphatic rings. The number of hydrogen-bond donors (Lipinski definition) is 2. The maximum Gasteiger partial charge on any atom is 0.279 e. The second kappa shape index (κ2) is 9.46. The van der Waals surface area contributed by atoms with E-state index in [-0.39, 0.29) is 6.61 Å². The molecule has 0 radical (unpaired) electrons. The fraction of sp³-hybridized carbons (Fsp3) is 0.300. The maximum atomic E-state index is 12.0. The van der Waals surface area contributed by atoms with E-state index in [0.717, 1.165) is 12.0 Å². The lowest BCUT2D eigenvalue weighted by Gasteiger charge is -2.15. The van der Waals surface area contributed by atoms with Gasteiger partial charge in [-0.05, 0) is 50.1 Å². The van der Waals surface area contributed by atoms with Crippen molar-refractivity contribution in [3.8, 4) is 11.5 Å². The van der Waals surface area contributed by atoms with E-state index in [4.69, 9.17) is 9.47 Å². The van der Waals surface area contributed by atoms with E-state index in [1.54, 1.807) is 19.1 Å². The predicted octanol–water partition coefficient (Wildman–Crippen LogP) is 2.55. The van der Waals surface area contributed by atoms with Crippen LogP contribution in [0.15, 0.2) is 48.5 Å². The second-order valence-electron chi connectivity index (χ2n) is 5.90. The van der Waals surface area contributed by atoms with Crippen molar-refractivity contribution in [2.75, 3.05) is 6.61 Å². The number of nitrogens with one attached hydrogen (secondary N) is 2. The number of hydrazine groups is 1. The average molecular weight is 356 g/mol. The Morgan fingerprint density at radius 1 is 0.962 bits per heavy atom. The Balaban J connectivity index is 1.72. The molecular formula is C20H24N2O4. The molecule has 2 aromatic carbocycles. The van der Waals surface area contributed by atoms with Crippen LogP contribution in [-0.4, -0.2) is 24.5 Å². The van der Waals surface area contributed by atoms with E-state index in [9.17, 15) is 9.59 Å². The minimum Gasteiger partial charge on any atom is -0.484 e. The van der Waals surface area contributed by atoms with Crippen molar-refractivity contribution in [3.05, 3.63) is 59.7 Å². The van der Waals surface area contributed by atoms with Crippen molar-refractivity contribution in [1.29, 1.82) is 0 Å². The lowest BCUT2D eigenvalue weighted by atomic mass is 10.2. The highest BCUT2D eigenvalue weighted by atomic mass is 16.5. The van der Waals surface area contributed by atoms with Crippen LogP contribution in [0.2, 0.25) is 0 Å². The molecule has 0 saturated heterocycles. The highest BCUT2D eigenvalue weighted by Crippen LogP contribution is 2.14. The molecule has 0 saturated carbocycles. The summed E-state index contributed by atoms with van der Waals surface area (Å²) >= 11 is 0. The molecule has 1 unspecified atom stereocenters. The summed E-state index contributed by atoms with van der Waals surface area (Å²) < 4.78 is 10.9. The number of hydrogen-bond acceptors (Lipinski definition) is 4. The molecular weight excluding hydrogens is 332 g/mol. The van der Waals surface area contributed by atoms with Gasteiger partial charge in [0.15, 0.2) is 12.7 Å². The van der Waals surface area contributed by atoms with Crippen LogP contribution in [0.4, 0.5) is 0 Å². The number of carbonyl (C=O) groups is 2. The van der Waals surface area contributed by atoms with Gasteiger partial charge < -0.3 is 9.47 Å². The Bertz CT molecular complexity index is 726. The molecule has 0 heterocycles. The lowest BCUT2D eigenvalue weighted by Crippen LogP contribution is -2.48. The van der Waals surface area contributed by atoms with Gasteiger partial charge in [-0.15, -0.1) is 0 Å². The van der Waals surface area contributed by atoms with Crippen LogP contribution in [0.3, 0.4) is 0 Å². The van der Waals surface area contributed by atoms with Crippen LogP contribution in [0.1, 0.15) is 25.0 Å². The number of benzene rings is 2. The van der Waals surface area contributed by atoms with Crippen molar-refractivity contribution in [3.63, 3.8) is 0 Å². The normalized spacial score (nSPS) is 11.3. The molecule has 0 aliphatic carbocycles. The van der Waals surface area contributed by atoms with Gasteiger partial charge in [0, 0.05) is 0 Å². The molecule has 2 amide bonds. The summed E-state index contributed by atoms with van der Waals surface area (Å²) in [7, 11) is 0. The van der Waals surface area contributed by atoms with E-state index >= 15 is 0 Å². The van der Waals surface area contributed by atoms with Crippen LogP contribution in [0.5, 0.6) is 11.5 Å². The predicted molar refractivity (Wildman–Crippen MR) is 98.9 cm³/mol. The highest BCUT2D eigenvalue weighted by Gasteiger charge is 2.15. The van der Waals surface area contributed by atoms with E-state index in [2.05, 4.69) is 17.8 Å². The summed E-state index contributed by atoms with van der Waals surface area (Å²) in [5.41, 5.74) is 6.93. The molecule has 2 aromatic rings. The SMILES string of the molecule is CCc1ccc(OC(C)C(=O)NNC(=O)COc2ccc(C)cc2)cc1. The first-order chi connectivity index (χ1) is 12.5. The van der Waals surface area contributed by atoms with Crippen LogP contribution in [0, 0.1) is 6.92 Å². The maximum absolute atomic E-state index is 12.0. The van der Waals surface area contributed by atoms with Crippen molar-refractivity contribution in [2.24, 2.45) is 0 Å². The summed E-state index contributed by atoms with van der Waals surface area (Å²) in [5.74, 6) is 0.273. The molecule has 138 valence electrons. The zero-order valence-corrected chi connectivity index (χ0v) is 15.2. The first-order valence-electron chi connectivity index (χ1n) is 8.51. The third-order valence-electron chi connectivity index (χ3n) is 3.73. The van der Waals surface area contributed by atoms with Gasteiger partial charge in [-0.1, -0.05) is 36.8 Å². The molecule has 2 rings (SSSR count). The first kappa shape index (κ1) is 19.3. The minimum atomic E-state index is -0.749. The quantitative estimate of drug-likeness (QED) is 0.748. The molecule has 0 aliphatic heterocycles. The highest BCUT2D eigenvalue weighted by molar-refractivity contribution is 5.85. The number of rotatable bonds is 7. The van der Waals surface area contributed by atoms with Crippen LogP contribution < -0.4 is 20.3 Å². The summed E-state index contributed by atoms with van der Waals surface area (Å²) in [4.78, 5) is 23.7. The van der Waals surface area contributed by atoms with Gasteiger partial charge in [-0.2, -0.15) is 0 Å². The Hall–Kier alpha value is -3.02. The van der Waals surface area contributed by atoms with Crippen molar-refractivity contribution in [1.82, 2.24) is 10.9 Å². The number of aryl methyl sites for hydroxylation is 2. The third kappa shape index (κ3) is 6.12. The Kier molecular flexibility index (Phi) is 7.02. The summed E-state index contributed by atoms with van der Waals surface area (Å²) in [6, 6.07) is 14.9. The minimum absolute atomic E-state index is 0.197. The number of ether oxygens (including phenoxy) is 2. The van der Waals surface area contributed by atoms with Gasteiger partial charge in [0.1, 0.15) is 11.5 Å². The number of amides is 2. The second-order valence-corrected chi connectivity index (χ2v) is 5.90. The Morgan fingerprint density at radius 2 is 1.58 bits per heavy atom. The Labute approximate surface area is 153 Å². The van der Waals surface area contributed by atoms with E-state index in [1.807, 2.05) is 43.3 Å². The molecule has 0 spiro atoms. The fourth-order valence-corrected chi connectivity index (χ4v) is 2.11. The lowest BCUT2D eigenvalue weighted by molar-refractivity contribution is -0.133. The van der Waals surface area contributed by atoms with Gasteiger partial charge in [0.05, 0.1) is 0 Å². The molecule has 0 aromatic heterocycles. The molecule has 6 nitrogen and oxygen atoms in total. The monoisotopic (exact) mass is 356 g/mol. The number of carbonyl (C=O) groups excluding carboxylic acids is 2. The molecule has 0 fully saturated rings. The summed E-state index contributed by atoms with van der Waals surface area (Å²) in [6.45, 7) is 5.44. The van der Waals surface area contributed by atoms with Gasteiger partial charge in [-0.3, -0.25) is 20.4 Å². The largest absolute Gasteiger partial charge is 0.484 e. The Morgan fingerprint density at radius 3 is 2.19 bits per heavy atom. The molecule has 1 atom stereocenters. The molecule has 2 N–H and O–H groups in total. The van der Waals surface area contributed by atoms with Crippen LogP contribution in [-0.2, 0) is 16.0 Å². The van der Waals surface area contributed by atoms with E-state index in [1.165, 1.54) is 5.56 Å². The zero-order chi connectivity index (χ0) is 18.9. The standard InChI is InChI=1S/C20H24N2O4/c1-4-16-7-11-18(12-8-16)26-15(3)20(24)22-21-19(23)13-25-17-9-5-14(2)6-10-17/h5-12,15H,4,13H2,1-3H3,(H,21,23)(H,22,24). The van der Waals surface area contributed by atoms with Crippen LogP contribution >= 0.6 is 0 Å². The van der Waals surface area contributed by atoms with Crippen molar-refractivity contribution >= 4 is 11.8 Å². The van der Waals surface area contributed by atoms with Gasteiger partial charge in [0.2, 0.25) is 0 Å². The van der Waals surface area contributed by atoms with Crippen molar-refractivity contribution in [2.45, 2.75) is 33.3 Å². The van der Waals surface area contributed by atoms with Gasteiger partial charge >= 0.3 is 0 Å². The average Bonchev–Trinajstić information content (AvgIpc) is 2.66. The third-order valence-corrected chi connectivity index (χ3v) is 3.73. The van der Waals surface area contributed by atoms with Gasteiger partial charge in [0.25, 0.3) is 11.8 Å². The van der Waals surface area contributed by atoms with E-state index in [0.29, 0.717) is 11.5 Å². The first-order valence-corrected chi connectivity index (χ1v) is 8.51. The smallest absolute Gasteiger partial charge is 0.279 e. The fourth-order valence-electron chi connectivity index (χ4n) is 2.11. The zero-order valence-electron chi connectivity index (χ0n) is 15.2. The van der Waals surface area contributed by atoms with Crippen molar-refractivity contribution < 1.29 is 19.1 Å². The topological polar surface area (TPSA) is 76.7 Å². The van der Waals surface area contributed by atoms with Crippen LogP contribution in [0.25, 0.3) is 0 Å². The van der Waals surface area contributed by atoms with Gasteiger partial charge in [-0.25, -0.2) is 0 Å². The summed E-state index contributed by atoms with van der Waals surface area (Å²) in [6.07, 6.45) is 0.188. The molecule has 0 bridgehead atoms. The molecule has 26 heavy (non-hydrogen) atoms. The summed E-state index contributed by atoms with van der Waals surface area (Å²) in [5, 5.41) is 0. The molecule has 6 heteroatoms. The van der Waals surface area contributed by atoms with E-state index < -0.39 is 17.9 Å².